The fraction of sp³-hybridized carbons (Fsp3) is 0.688. The molecule has 4 rings (SSSR count). The third-order valence-electron chi connectivity index (χ3n) is 6.13. The number of hydrogen-bond donors (Lipinski definition) is 1. The minimum absolute atomic E-state index is 0.0381. The van der Waals surface area contributed by atoms with E-state index in [1.165, 1.54) is 0 Å². The first kappa shape index (κ1) is 14.2. The summed E-state index contributed by atoms with van der Waals surface area (Å²) in [5, 5.41) is 2.72. The van der Waals surface area contributed by atoms with E-state index >= 15 is 0 Å². The quantitative estimate of drug-likeness (QED) is 0.368. The molecule has 4 aliphatic rings. The molecule has 3 fully saturated rings. The average molecular weight is 324 g/mol. The largest absolute Gasteiger partial charge is 0.452 e. The number of carbonyl (C=O) groups excluding carboxylic acids is 3. The van der Waals surface area contributed by atoms with Crippen molar-refractivity contribution in [1.29, 1.82) is 0 Å². The number of allylic oxidation sites excluding steroid dienone is 2. The lowest BCUT2D eigenvalue weighted by atomic mass is 9.64. The van der Waals surface area contributed by atoms with Crippen molar-refractivity contribution in [1.82, 2.24) is 5.32 Å². The van der Waals surface area contributed by atoms with Gasteiger partial charge in [0.05, 0.1) is 5.41 Å². The molecule has 1 amide bonds. The molecule has 6 heteroatoms. The summed E-state index contributed by atoms with van der Waals surface area (Å²) in [5.74, 6) is -1.15. The Morgan fingerprint density at radius 1 is 1.50 bits per heavy atom. The Bertz CT molecular complexity index is 632. The maximum Gasteiger partial charge on any atom is 0.344 e. The molecule has 2 aliphatic heterocycles. The molecule has 22 heavy (non-hydrogen) atoms. The van der Waals surface area contributed by atoms with Crippen LogP contribution in [0.15, 0.2) is 12.2 Å². The van der Waals surface area contributed by atoms with Crippen LogP contribution in [0.4, 0.5) is 0 Å². The highest BCUT2D eigenvalue weighted by Crippen LogP contribution is 2.71. The lowest BCUT2D eigenvalue weighted by molar-refractivity contribution is -0.222. The van der Waals surface area contributed by atoms with Gasteiger partial charge >= 0.3 is 5.97 Å². The van der Waals surface area contributed by atoms with Gasteiger partial charge in [-0.3, -0.25) is 9.59 Å². The predicted molar refractivity (Wildman–Crippen MR) is 78.1 cm³/mol. The zero-order valence-corrected chi connectivity index (χ0v) is 13.1. The molecule has 1 saturated carbocycles. The summed E-state index contributed by atoms with van der Waals surface area (Å²) >= 11 is 5.93. The number of fused-ring (bicyclic) bond motifs is 2. The number of hydrogen-bond acceptors (Lipinski definition) is 4. The first-order chi connectivity index (χ1) is 10.4. The standard InChI is InChI=1S/C16H18ClNO4/c1-14-15(7-10(15)8-17)12(20)18-16(14,13(21)22-14)11(19)9-5-3-2-4-6-9/h3,5,9-10H,2,4,6-8H2,1H3,(H,18,20)/t9-,10-,14+,15?,16+/m1/s1. The molecule has 5 atom stereocenters. The smallest absolute Gasteiger partial charge is 0.344 e. The van der Waals surface area contributed by atoms with Crippen LogP contribution in [-0.2, 0) is 19.1 Å². The summed E-state index contributed by atoms with van der Waals surface area (Å²) in [5.41, 5.74) is -3.44. The summed E-state index contributed by atoms with van der Waals surface area (Å²) in [6.45, 7) is 1.71. The van der Waals surface area contributed by atoms with Crippen molar-refractivity contribution in [2.75, 3.05) is 5.88 Å². The second-order valence-corrected chi connectivity index (χ2v) is 7.29. The van der Waals surface area contributed by atoms with Crippen molar-refractivity contribution in [2.45, 2.75) is 43.7 Å². The van der Waals surface area contributed by atoms with E-state index < -0.39 is 22.5 Å². The maximum absolute atomic E-state index is 13.1. The molecule has 5 nitrogen and oxygen atoms in total. The van der Waals surface area contributed by atoms with Gasteiger partial charge in [0.15, 0.2) is 11.4 Å². The van der Waals surface area contributed by atoms with Crippen LogP contribution in [0.5, 0.6) is 0 Å². The number of rotatable bonds is 3. The van der Waals surface area contributed by atoms with Crippen molar-refractivity contribution in [3.63, 3.8) is 0 Å². The summed E-state index contributed by atoms with van der Waals surface area (Å²) < 4.78 is 5.42. The zero-order chi connectivity index (χ0) is 15.8. The number of esters is 1. The van der Waals surface area contributed by atoms with E-state index in [2.05, 4.69) is 5.32 Å². The average Bonchev–Trinajstić information content (AvgIpc) is 3.25. The Kier molecular flexibility index (Phi) is 2.68. The van der Waals surface area contributed by atoms with Gasteiger partial charge in [-0.05, 0) is 38.5 Å². The lowest BCUT2D eigenvalue weighted by Gasteiger charge is -2.51. The highest BCUT2D eigenvalue weighted by Gasteiger charge is 2.91. The van der Waals surface area contributed by atoms with Crippen LogP contribution < -0.4 is 5.32 Å². The third-order valence-corrected chi connectivity index (χ3v) is 6.50. The first-order valence-corrected chi connectivity index (χ1v) is 8.30. The van der Waals surface area contributed by atoms with Crippen molar-refractivity contribution < 1.29 is 19.1 Å². The molecule has 1 N–H and O–H groups in total. The Balaban J connectivity index is 1.75. The van der Waals surface area contributed by atoms with Crippen LogP contribution in [0.25, 0.3) is 0 Å². The topological polar surface area (TPSA) is 72.5 Å². The molecule has 1 unspecified atom stereocenters. The van der Waals surface area contributed by atoms with E-state index in [0.717, 1.165) is 12.8 Å². The normalized spacial score (nSPS) is 48.5. The van der Waals surface area contributed by atoms with E-state index in [-0.39, 0.29) is 23.5 Å². The van der Waals surface area contributed by atoms with Crippen LogP contribution in [0.3, 0.4) is 0 Å². The van der Waals surface area contributed by atoms with E-state index in [0.29, 0.717) is 18.7 Å². The van der Waals surface area contributed by atoms with Gasteiger partial charge in [0, 0.05) is 11.8 Å². The van der Waals surface area contributed by atoms with Crippen LogP contribution in [0.1, 0.15) is 32.6 Å². The van der Waals surface area contributed by atoms with E-state index in [9.17, 15) is 14.4 Å². The van der Waals surface area contributed by atoms with Crippen molar-refractivity contribution in [3.05, 3.63) is 12.2 Å². The Hall–Kier alpha value is -1.36. The van der Waals surface area contributed by atoms with Gasteiger partial charge in [-0.2, -0.15) is 0 Å². The van der Waals surface area contributed by atoms with E-state index in [4.69, 9.17) is 16.3 Å². The summed E-state index contributed by atoms with van der Waals surface area (Å²) in [7, 11) is 0. The molecule has 0 radical (unpaired) electrons. The first-order valence-electron chi connectivity index (χ1n) is 7.77. The number of carbonyl (C=O) groups is 3. The third kappa shape index (κ3) is 1.27. The summed E-state index contributed by atoms with van der Waals surface area (Å²) in [6.07, 6.45) is 6.97. The Morgan fingerprint density at radius 2 is 2.27 bits per heavy atom. The number of alkyl halides is 1. The summed E-state index contributed by atoms with van der Waals surface area (Å²) in [6, 6.07) is 0. The van der Waals surface area contributed by atoms with E-state index in [1.807, 2.05) is 12.2 Å². The number of ketones is 1. The maximum atomic E-state index is 13.1. The molecule has 0 aromatic rings. The Labute approximate surface area is 133 Å². The summed E-state index contributed by atoms with van der Waals surface area (Å²) in [4.78, 5) is 37.9. The van der Waals surface area contributed by atoms with Crippen LogP contribution >= 0.6 is 11.6 Å². The molecule has 118 valence electrons. The Morgan fingerprint density at radius 3 is 2.82 bits per heavy atom. The number of ether oxygens (including phenoxy) is 1. The molecular formula is C16H18ClNO4. The van der Waals surface area contributed by atoms with Gasteiger partial charge in [0.2, 0.25) is 11.4 Å². The van der Waals surface area contributed by atoms with E-state index in [1.54, 1.807) is 6.92 Å². The minimum atomic E-state index is -1.52. The molecule has 1 spiro atoms. The lowest BCUT2D eigenvalue weighted by Crippen LogP contribution is -2.79. The highest BCUT2D eigenvalue weighted by atomic mass is 35.5. The fourth-order valence-electron chi connectivity index (χ4n) is 4.67. The minimum Gasteiger partial charge on any atom is -0.452 e. The van der Waals surface area contributed by atoms with Gasteiger partial charge in [-0.1, -0.05) is 12.2 Å². The van der Waals surface area contributed by atoms with Crippen molar-refractivity contribution >= 4 is 29.3 Å². The zero-order valence-electron chi connectivity index (χ0n) is 12.4. The molecule has 0 aromatic carbocycles. The molecule has 2 aliphatic carbocycles. The van der Waals surface area contributed by atoms with Crippen LogP contribution in [0, 0.1) is 17.3 Å². The number of Topliss-reactive ketones (excluding diaryl/α,β-unsaturated/α-hetero) is 1. The SMILES string of the molecule is C[C@@]12OC(=O)[C@]1(C(=O)[C@@H]1C=CCCC1)NC(=O)C21C[C@@H]1CCl. The monoisotopic (exact) mass is 323 g/mol. The van der Waals surface area contributed by atoms with Crippen molar-refractivity contribution in [2.24, 2.45) is 17.3 Å². The second kappa shape index (κ2) is 4.13. The van der Waals surface area contributed by atoms with Gasteiger partial charge in [-0.15, -0.1) is 11.6 Å². The number of amides is 1. The molecule has 0 aromatic heterocycles. The highest BCUT2D eigenvalue weighted by molar-refractivity contribution is 6.23. The van der Waals surface area contributed by atoms with Gasteiger partial charge in [0.1, 0.15) is 0 Å². The molecule has 2 saturated heterocycles. The van der Waals surface area contributed by atoms with Gasteiger partial charge in [0.25, 0.3) is 0 Å². The number of halogens is 1. The van der Waals surface area contributed by atoms with Crippen LogP contribution in [0.2, 0.25) is 0 Å². The van der Waals surface area contributed by atoms with Crippen LogP contribution in [-0.4, -0.2) is 34.7 Å². The predicted octanol–water partition coefficient (Wildman–Crippen LogP) is 1.34. The fourth-order valence-corrected chi connectivity index (χ4v) is 5.04. The number of nitrogens with one attached hydrogen (secondary N) is 1. The van der Waals surface area contributed by atoms with Crippen molar-refractivity contribution in [3.8, 4) is 0 Å². The second-order valence-electron chi connectivity index (χ2n) is 6.98. The molecular weight excluding hydrogens is 306 g/mol. The van der Waals surface area contributed by atoms with Gasteiger partial charge in [-0.25, -0.2) is 4.79 Å². The molecule has 0 bridgehead atoms. The van der Waals surface area contributed by atoms with Gasteiger partial charge < -0.3 is 10.1 Å². The molecule has 2 heterocycles.